The van der Waals surface area contributed by atoms with Crippen LogP contribution in [-0.2, 0) is 9.53 Å². The first-order valence-corrected chi connectivity index (χ1v) is 11.5. The van der Waals surface area contributed by atoms with Crippen LogP contribution in [0.5, 0.6) is 11.5 Å². The zero-order valence-electron chi connectivity index (χ0n) is 17.8. The number of carbonyl (C=O) groups excluding carboxylic acids is 1. The van der Waals surface area contributed by atoms with Crippen molar-refractivity contribution in [3.8, 4) is 11.5 Å². The number of carbonyl (C=O) groups is 1. The second-order valence-electron chi connectivity index (χ2n) is 8.66. The summed E-state index contributed by atoms with van der Waals surface area (Å²) in [5.41, 5.74) is 2.97. The molecule has 1 fully saturated rings. The lowest BCUT2D eigenvalue weighted by Crippen LogP contribution is -2.25. The van der Waals surface area contributed by atoms with Crippen LogP contribution in [0, 0.1) is 5.41 Å². The summed E-state index contributed by atoms with van der Waals surface area (Å²) in [5.74, 6) is 2.09. The largest absolute Gasteiger partial charge is 0.465 e. The zero-order valence-corrected chi connectivity index (χ0v) is 18.6. The monoisotopic (exact) mass is 424 g/mol. The Bertz CT molecular complexity index is 935. The molecule has 4 nitrogen and oxygen atoms in total. The van der Waals surface area contributed by atoms with E-state index in [0.717, 1.165) is 53.4 Å². The molecule has 2 aliphatic rings. The van der Waals surface area contributed by atoms with Gasteiger partial charge in [0.05, 0.1) is 12.0 Å². The van der Waals surface area contributed by atoms with E-state index in [0.29, 0.717) is 5.75 Å². The number of hydrogen-bond acceptors (Lipinski definition) is 5. The Morgan fingerprint density at radius 3 is 2.53 bits per heavy atom. The molecule has 0 spiro atoms. The average molecular weight is 425 g/mol. The Kier molecular flexibility index (Phi) is 6.21. The highest BCUT2D eigenvalue weighted by Crippen LogP contribution is 2.39. The third-order valence-electron chi connectivity index (χ3n) is 5.16. The smallest absolute Gasteiger partial charge is 0.316 e. The lowest BCUT2D eigenvalue weighted by atomic mass is 9.96. The van der Waals surface area contributed by atoms with Crippen molar-refractivity contribution in [2.24, 2.45) is 5.41 Å². The van der Waals surface area contributed by atoms with Crippen LogP contribution < -0.4 is 9.47 Å². The molecule has 1 unspecified atom stereocenters. The lowest BCUT2D eigenvalue weighted by molar-refractivity contribution is -0.143. The quantitative estimate of drug-likeness (QED) is 0.439. The number of ether oxygens (including phenoxy) is 3. The van der Waals surface area contributed by atoms with E-state index in [4.69, 9.17) is 14.2 Å². The maximum Gasteiger partial charge on any atom is 0.316 e. The van der Waals surface area contributed by atoms with E-state index in [9.17, 15) is 4.79 Å². The fourth-order valence-electron chi connectivity index (χ4n) is 3.44. The highest BCUT2D eigenvalue weighted by molar-refractivity contribution is 7.99. The minimum absolute atomic E-state index is 0.134. The summed E-state index contributed by atoms with van der Waals surface area (Å²) in [4.78, 5) is 13.3. The summed E-state index contributed by atoms with van der Waals surface area (Å²) in [6.07, 6.45) is 5.32. The summed E-state index contributed by atoms with van der Waals surface area (Å²) in [6.45, 7) is 6.35. The van der Waals surface area contributed by atoms with Gasteiger partial charge in [-0.1, -0.05) is 18.2 Å². The summed E-state index contributed by atoms with van der Waals surface area (Å²) in [6, 6.07) is 14.1. The molecule has 30 heavy (non-hydrogen) atoms. The van der Waals surface area contributed by atoms with Crippen LogP contribution in [-0.4, -0.2) is 24.6 Å². The van der Waals surface area contributed by atoms with Gasteiger partial charge in [0.15, 0.2) is 6.29 Å². The normalized spacial score (nSPS) is 18.9. The summed E-state index contributed by atoms with van der Waals surface area (Å²) in [5, 5.41) is 0. The molecule has 4 rings (SSSR count). The van der Waals surface area contributed by atoms with Gasteiger partial charge in [0, 0.05) is 17.1 Å². The molecule has 0 N–H and O–H groups in total. The molecule has 0 amide bonds. The third kappa shape index (κ3) is 4.90. The molecule has 158 valence electrons. The molecule has 2 heterocycles. The van der Waals surface area contributed by atoms with Gasteiger partial charge in [-0.15, -0.1) is 11.8 Å². The SMILES string of the molecule is CC(C)(C)C(=O)Oc1ccc2c(c1)SCC=C2c1ccc(OC2CCCCO2)cc1. The molecular weight excluding hydrogens is 396 g/mol. The Morgan fingerprint density at radius 1 is 1.07 bits per heavy atom. The van der Waals surface area contributed by atoms with E-state index in [1.54, 1.807) is 11.8 Å². The van der Waals surface area contributed by atoms with Crippen LogP contribution in [0.15, 0.2) is 53.4 Å². The van der Waals surface area contributed by atoms with Crippen molar-refractivity contribution in [1.29, 1.82) is 0 Å². The Morgan fingerprint density at radius 2 is 1.83 bits per heavy atom. The van der Waals surface area contributed by atoms with E-state index >= 15 is 0 Å². The molecule has 2 aliphatic heterocycles. The first-order chi connectivity index (χ1) is 14.4. The van der Waals surface area contributed by atoms with Gasteiger partial charge in [-0.2, -0.15) is 0 Å². The second-order valence-corrected chi connectivity index (χ2v) is 9.73. The molecule has 0 saturated carbocycles. The topological polar surface area (TPSA) is 44.8 Å². The number of hydrogen-bond donors (Lipinski definition) is 0. The highest BCUT2D eigenvalue weighted by Gasteiger charge is 2.24. The van der Waals surface area contributed by atoms with Gasteiger partial charge in [-0.05, 0) is 80.6 Å². The van der Waals surface area contributed by atoms with E-state index in [-0.39, 0.29) is 12.3 Å². The van der Waals surface area contributed by atoms with Crippen LogP contribution in [0.3, 0.4) is 0 Å². The Hall–Kier alpha value is -2.24. The minimum atomic E-state index is -0.527. The van der Waals surface area contributed by atoms with Crippen LogP contribution in [0.4, 0.5) is 0 Å². The molecule has 1 atom stereocenters. The van der Waals surface area contributed by atoms with Gasteiger partial charge in [0.25, 0.3) is 0 Å². The van der Waals surface area contributed by atoms with E-state index in [2.05, 4.69) is 18.2 Å². The van der Waals surface area contributed by atoms with Gasteiger partial charge in [-0.25, -0.2) is 0 Å². The summed E-state index contributed by atoms with van der Waals surface area (Å²) < 4.78 is 17.2. The lowest BCUT2D eigenvalue weighted by Gasteiger charge is -2.24. The number of rotatable bonds is 4. The summed E-state index contributed by atoms with van der Waals surface area (Å²) >= 11 is 1.75. The maximum absolute atomic E-state index is 12.2. The van der Waals surface area contributed by atoms with Crippen molar-refractivity contribution in [2.75, 3.05) is 12.4 Å². The van der Waals surface area contributed by atoms with Crippen molar-refractivity contribution in [3.63, 3.8) is 0 Å². The molecule has 0 radical (unpaired) electrons. The average Bonchev–Trinajstić information content (AvgIpc) is 2.74. The zero-order chi connectivity index (χ0) is 21.1. The highest BCUT2D eigenvalue weighted by atomic mass is 32.2. The van der Waals surface area contributed by atoms with E-state index < -0.39 is 5.41 Å². The van der Waals surface area contributed by atoms with Crippen LogP contribution >= 0.6 is 11.8 Å². The number of fused-ring (bicyclic) bond motifs is 1. The van der Waals surface area contributed by atoms with Crippen molar-refractivity contribution in [2.45, 2.75) is 51.2 Å². The van der Waals surface area contributed by atoms with Crippen molar-refractivity contribution in [3.05, 3.63) is 59.7 Å². The number of thioether (sulfide) groups is 1. The van der Waals surface area contributed by atoms with Crippen LogP contribution in [0.2, 0.25) is 0 Å². The molecule has 2 aromatic rings. The van der Waals surface area contributed by atoms with Crippen molar-refractivity contribution >= 4 is 23.3 Å². The Labute approximate surface area is 182 Å². The maximum atomic E-state index is 12.2. The molecule has 1 saturated heterocycles. The first-order valence-electron chi connectivity index (χ1n) is 10.5. The van der Waals surface area contributed by atoms with E-state index in [1.165, 1.54) is 5.57 Å². The number of benzene rings is 2. The standard InChI is InChI=1S/C25H28O4S/c1-25(2,3)24(26)29-19-11-12-21-20(13-15-30-22(21)16-19)17-7-9-18(10-8-17)28-23-6-4-5-14-27-23/h7-13,16,23H,4-6,14-15H2,1-3H3. The second kappa shape index (κ2) is 8.86. The molecule has 0 aromatic heterocycles. The van der Waals surface area contributed by atoms with Gasteiger partial charge in [-0.3, -0.25) is 4.79 Å². The van der Waals surface area contributed by atoms with Crippen molar-refractivity contribution < 1.29 is 19.0 Å². The number of esters is 1. The third-order valence-corrected chi connectivity index (χ3v) is 6.15. The molecular formula is C25H28O4S. The van der Waals surface area contributed by atoms with E-state index in [1.807, 2.05) is 51.1 Å². The van der Waals surface area contributed by atoms with Gasteiger partial charge in [0.1, 0.15) is 11.5 Å². The fraction of sp³-hybridized carbons (Fsp3) is 0.400. The predicted molar refractivity (Wildman–Crippen MR) is 120 cm³/mol. The van der Waals surface area contributed by atoms with Crippen molar-refractivity contribution in [1.82, 2.24) is 0 Å². The Balaban J connectivity index is 1.49. The summed E-state index contributed by atoms with van der Waals surface area (Å²) in [7, 11) is 0. The minimum Gasteiger partial charge on any atom is -0.465 e. The first kappa shape index (κ1) is 21.0. The van der Waals surface area contributed by atoms with Gasteiger partial charge >= 0.3 is 5.97 Å². The fourth-order valence-corrected chi connectivity index (χ4v) is 4.40. The molecule has 0 aliphatic carbocycles. The van der Waals surface area contributed by atoms with Crippen LogP contribution in [0.25, 0.3) is 5.57 Å². The van der Waals surface area contributed by atoms with Gasteiger partial charge < -0.3 is 14.2 Å². The molecule has 5 heteroatoms. The predicted octanol–water partition coefficient (Wildman–Crippen LogP) is 6.08. The molecule has 2 aromatic carbocycles. The van der Waals surface area contributed by atoms with Crippen LogP contribution in [0.1, 0.15) is 51.2 Å². The molecule has 0 bridgehead atoms. The van der Waals surface area contributed by atoms with Gasteiger partial charge in [0.2, 0.25) is 0 Å².